The van der Waals surface area contributed by atoms with Gasteiger partial charge in [0.2, 0.25) is 23.0 Å². The molecule has 3 N–H and O–H groups in total. The minimum absolute atomic E-state index is 0.153. The third kappa shape index (κ3) is 7.96. The Morgan fingerprint density at radius 3 is 2.50 bits per heavy atom. The van der Waals surface area contributed by atoms with Crippen LogP contribution in [0.15, 0.2) is 29.1 Å². The number of methoxy groups -OCH3 is 3. The molecule has 2 aromatic rings. The van der Waals surface area contributed by atoms with Crippen molar-refractivity contribution in [3.8, 4) is 28.4 Å². The average molecular weight is 629 g/mol. The van der Waals surface area contributed by atoms with Gasteiger partial charge in [0.1, 0.15) is 6.04 Å². The van der Waals surface area contributed by atoms with E-state index >= 15 is 0 Å². The molecule has 2 aliphatic rings. The number of anilines is 1. The summed E-state index contributed by atoms with van der Waals surface area (Å²) in [5.41, 5.74) is 3.14. The number of morpholine rings is 1. The Morgan fingerprint density at radius 2 is 1.84 bits per heavy atom. The standard InChI is InChI=1S/C32H44N4O7S/c1-20(37)34-24-8-6-21-18-28(40-2)30(41-3)31(42-4)29(21)22-7-9-25(27(38)19-23(22)24)35-26(10-17-44-5)32(39)33-11-12-36-13-15-43-16-14-36/h7,9,18-19,24,26H,6,8,10-17H2,1-5H3,(H,33,39)(H,34,37)(H,35,38)/t24-,26-/m0/s1. The van der Waals surface area contributed by atoms with Crippen molar-refractivity contribution in [2.24, 2.45) is 0 Å². The first-order chi connectivity index (χ1) is 21.3. The number of hydrogen-bond acceptors (Lipinski definition) is 10. The van der Waals surface area contributed by atoms with E-state index < -0.39 is 12.1 Å². The predicted octanol–water partition coefficient (Wildman–Crippen LogP) is 2.85. The van der Waals surface area contributed by atoms with Crippen molar-refractivity contribution in [2.75, 3.05) is 78.0 Å². The number of aryl methyl sites for hydroxylation is 1. The molecule has 0 saturated carbocycles. The van der Waals surface area contributed by atoms with Crippen molar-refractivity contribution in [1.29, 1.82) is 0 Å². The third-order valence-corrected chi connectivity index (χ3v) is 8.65. The summed E-state index contributed by atoms with van der Waals surface area (Å²) < 4.78 is 22.6. The lowest BCUT2D eigenvalue weighted by atomic mass is 9.95. The third-order valence-electron chi connectivity index (χ3n) is 8.00. The number of rotatable bonds is 13. The van der Waals surface area contributed by atoms with Gasteiger partial charge in [-0.15, -0.1) is 0 Å². The number of carbonyl (C=O) groups excluding carboxylic acids is 2. The number of amides is 2. The number of hydrogen-bond donors (Lipinski definition) is 3. The summed E-state index contributed by atoms with van der Waals surface area (Å²) in [5, 5.41) is 9.31. The van der Waals surface area contributed by atoms with Crippen molar-refractivity contribution in [3.63, 3.8) is 0 Å². The minimum Gasteiger partial charge on any atom is -0.493 e. The molecule has 4 rings (SSSR count). The fraction of sp³-hybridized carbons (Fsp3) is 0.531. The van der Waals surface area contributed by atoms with Gasteiger partial charge in [0.05, 0.1) is 46.3 Å². The molecule has 1 aliphatic heterocycles. The molecule has 11 nitrogen and oxygen atoms in total. The summed E-state index contributed by atoms with van der Waals surface area (Å²) in [6.07, 6.45) is 3.70. The Hall–Kier alpha value is -3.48. The maximum Gasteiger partial charge on any atom is 0.242 e. The number of nitrogens with one attached hydrogen (secondary N) is 3. The smallest absolute Gasteiger partial charge is 0.242 e. The second-order valence-electron chi connectivity index (χ2n) is 10.8. The first kappa shape index (κ1) is 33.4. The Morgan fingerprint density at radius 1 is 1.09 bits per heavy atom. The quantitative estimate of drug-likeness (QED) is 0.305. The molecule has 0 unspecified atom stereocenters. The van der Waals surface area contributed by atoms with E-state index in [1.807, 2.05) is 18.4 Å². The lowest BCUT2D eigenvalue weighted by Gasteiger charge is -2.27. The van der Waals surface area contributed by atoms with E-state index in [1.54, 1.807) is 45.2 Å². The molecule has 2 atom stereocenters. The molecule has 0 spiro atoms. The van der Waals surface area contributed by atoms with E-state index in [9.17, 15) is 14.4 Å². The summed E-state index contributed by atoms with van der Waals surface area (Å²) in [5.74, 6) is 1.85. The molecule has 2 amide bonds. The summed E-state index contributed by atoms with van der Waals surface area (Å²) in [4.78, 5) is 41.6. The highest BCUT2D eigenvalue weighted by molar-refractivity contribution is 7.98. The van der Waals surface area contributed by atoms with Crippen LogP contribution in [-0.4, -0.2) is 95.5 Å². The van der Waals surface area contributed by atoms with Gasteiger partial charge in [0.25, 0.3) is 0 Å². The molecular formula is C32H44N4O7S. The molecule has 0 radical (unpaired) electrons. The zero-order valence-corrected chi connectivity index (χ0v) is 27.1. The highest BCUT2D eigenvalue weighted by Gasteiger charge is 2.30. The van der Waals surface area contributed by atoms with Gasteiger partial charge in [0, 0.05) is 38.7 Å². The maximum atomic E-state index is 13.8. The minimum atomic E-state index is -0.598. The molecule has 1 heterocycles. The largest absolute Gasteiger partial charge is 0.493 e. The lowest BCUT2D eigenvalue weighted by Crippen LogP contribution is -2.45. The van der Waals surface area contributed by atoms with Gasteiger partial charge in [-0.2, -0.15) is 11.8 Å². The Bertz CT molecular complexity index is 1380. The maximum absolute atomic E-state index is 13.8. The van der Waals surface area contributed by atoms with E-state index in [-0.39, 0.29) is 17.2 Å². The Kier molecular flexibility index (Phi) is 12.2. The van der Waals surface area contributed by atoms with Crippen LogP contribution in [0.5, 0.6) is 17.2 Å². The van der Waals surface area contributed by atoms with Crippen molar-refractivity contribution in [2.45, 2.75) is 38.3 Å². The highest BCUT2D eigenvalue weighted by atomic mass is 32.2. The molecule has 44 heavy (non-hydrogen) atoms. The molecule has 240 valence electrons. The van der Waals surface area contributed by atoms with Crippen molar-refractivity contribution in [3.05, 3.63) is 45.6 Å². The normalized spacial score (nSPS) is 16.9. The molecular weight excluding hydrogens is 584 g/mol. The number of fused-ring (bicyclic) bond motifs is 3. The Labute approximate surface area is 263 Å². The van der Waals surface area contributed by atoms with E-state index in [0.29, 0.717) is 67.5 Å². The van der Waals surface area contributed by atoms with Crippen LogP contribution in [0.4, 0.5) is 5.69 Å². The zero-order chi connectivity index (χ0) is 31.6. The van der Waals surface area contributed by atoms with Gasteiger partial charge in [0.15, 0.2) is 11.5 Å². The first-order valence-electron chi connectivity index (χ1n) is 14.9. The fourth-order valence-corrected chi connectivity index (χ4v) is 6.28. The van der Waals surface area contributed by atoms with Gasteiger partial charge < -0.3 is 34.9 Å². The Balaban J connectivity index is 1.72. The van der Waals surface area contributed by atoms with Crippen molar-refractivity contribution < 1.29 is 28.5 Å². The molecule has 1 saturated heterocycles. The average Bonchev–Trinajstić information content (AvgIpc) is 3.26. The predicted molar refractivity (Wildman–Crippen MR) is 173 cm³/mol. The summed E-state index contributed by atoms with van der Waals surface area (Å²) in [6.45, 7) is 5.81. The molecule has 0 aromatic heterocycles. The van der Waals surface area contributed by atoms with Crippen molar-refractivity contribution in [1.82, 2.24) is 15.5 Å². The number of carbonyl (C=O) groups is 2. The molecule has 12 heteroatoms. The lowest BCUT2D eigenvalue weighted by molar-refractivity contribution is -0.122. The van der Waals surface area contributed by atoms with Crippen LogP contribution < -0.4 is 35.6 Å². The van der Waals surface area contributed by atoms with Crippen LogP contribution in [0, 0.1) is 0 Å². The van der Waals surface area contributed by atoms with Crippen LogP contribution in [0.2, 0.25) is 0 Å². The van der Waals surface area contributed by atoms with Crippen LogP contribution in [0.25, 0.3) is 11.1 Å². The van der Waals surface area contributed by atoms with Gasteiger partial charge >= 0.3 is 0 Å². The van der Waals surface area contributed by atoms with Crippen LogP contribution in [-0.2, 0) is 20.7 Å². The molecule has 0 bridgehead atoms. The second-order valence-corrected chi connectivity index (χ2v) is 11.8. The van der Waals surface area contributed by atoms with E-state index in [0.717, 1.165) is 42.1 Å². The highest BCUT2D eigenvalue weighted by Crippen LogP contribution is 2.50. The summed E-state index contributed by atoms with van der Waals surface area (Å²) in [6, 6.07) is 6.03. The van der Waals surface area contributed by atoms with E-state index in [1.165, 1.54) is 6.92 Å². The van der Waals surface area contributed by atoms with Crippen LogP contribution >= 0.6 is 11.8 Å². The van der Waals surface area contributed by atoms with Gasteiger partial charge in [-0.25, -0.2) is 0 Å². The molecule has 1 fully saturated rings. The number of ether oxygens (including phenoxy) is 4. The monoisotopic (exact) mass is 628 g/mol. The van der Waals surface area contributed by atoms with E-state index in [4.69, 9.17) is 18.9 Å². The van der Waals surface area contributed by atoms with Gasteiger partial charge in [-0.05, 0) is 66.2 Å². The number of thioether (sulfide) groups is 1. The first-order valence-corrected chi connectivity index (χ1v) is 16.3. The SMILES string of the molecule is COc1cc2c(c(OC)c1OC)-c1ccc(N[C@@H](CCSC)C(=O)NCCN3CCOCC3)c(=O)cc1[C@@H](NC(C)=O)CC2. The van der Waals surface area contributed by atoms with Crippen LogP contribution in [0.3, 0.4) is 0 Å². The van der Waals surface area contributed by atoms with E-state index in [2.05, 4.69) is 20.9 Å². The fourth-order valence-electron chi connectivity index (χ4n) is 5.80. The molecule has 2 aromatic carbocycles. The van der Waals surface area contributed by atoms with Crippen LogP contribution in [0.1, 0.15) is 36.9 Å². The van der Waals surface area contributed by atoms with Gasteiger partial charge in [-0.1, -0.05) is 6.07 Å². The second kappa shape index (κ2) is 16.0. The van der Waals surface area contributed by atoms with Crippen molar-refractivity contribution >= 4 is 29.3 Å². The zero-order valence-electron chi connectivity index (χ0n) is 26.2. The number of nitrogens with zero attached hydrogens (tertiary/aromatic N) is 1. The summed E-state index contributed by atoms with van der Waals surface area (Å²) >= 11 is 1.64. The molecule has 1 aliphatic carbocycles. The summed E-state index contributed by atoms with van der Waals surface area (Å²) in [7, 11) is 4.69. The van der Waals surface area contributed by atoms with Gasteiger partial charge in [-0.3, -0.25) is 19.3 Å². The number of benzene rings is 1. The topological polar surface area (TPSA) is 127 Å².